The minimum atomic E-state index is -4.50. The minimum Gasteiger partial charge on any atom is -0.457 e. The molecule has 0 aliphatic carbocycles. The van der Waals surface area contributed by atoms with Crippen molar-refractivity contribution in [3.63, 3.8) is 0 Å². The summed E-state index contributed by atoms with van der Waals surface area (Å²) in [6.07, 6.45) is 28.9. The third-order valence-electron chi connectivity index (χ3n) is 7.68. The molecule has 0 aromatic carbocycles. The number of allylic oxidation sites excluding steroid dienone is 2. The molecule has 0 saturated carbocycles. The van der Waals surface area contributed by atoms with E-state index in [0.717, 1.165) is 57.8 Å². The van der Waals surface area contributed by atoms with E-state index in [0.29, 0.717) is 6.61 Å². The molecule has 0 saturated heterocycles. The van der Waals surface area contributed by atoms with E-state index >= 15 is 0 Å². The number of carbonyl (C=O) groups excluding carboxylic acids is 1. The number of phosphoric ester groups is 1. The molecule has 0 heterocycles. The fourth-order valence-electron chi connectivity index (χ4n) is 4.89. The summed E-state index contributed by atoms with van der Waals surface area (Å²) in [4.78, 5) is 22.4. The lowest BCUT2D eigenvalue weighted by molar-refractivity contribution is -0.154. The second-order valence-corrected chi connectivity index (χ2v) is 13.7. The van der Waals surface area contributed by atoms with Crippen LogP contribution in [0, 0.1) is 0 Å². The largest absolute Gasteiger partial charge is 0.472 e. The highest BCUT2D eigenvalue weighted by Gasteiger charge is 2.26. The average molecular weight is 665 g/mol. The van der Waals surface area contributed by atoms with Crippen LogP contribution in [0.5, 0.6) is 0 Å². The minimum absolute atomic E-state index is 0.0506. The molecule has 0 bridgehead atoms. The van der Waals surface area contributed by atoms with Crippen LogP contribution in [0.4, 0.5) is 0 Å². The Morgan fingerprint density at radius 3 is 1.76 bits per heavy atom. The van der Waals surface area contributed by atoms with Crippen molar-refractivity contribution in [1.29, 1.82) is 0 Å². The van der Waals surface area contributed by atoms with Crippen LogP contribution in [-0.2, 0) is 27.9 Å². The van der Waals surface area contributed by atoms with Crippen molar-refractivity contribution in [2.45, 2.75) is 174 Å². The van der Waals surface area contributed by atoms with Gasteiger partial charge < -0.3 is 24.6 Å². The normalized spacial score (nSPS) is 14.5. The van der Waals surface area contributed by atoms with Gasteiger partial charge in [-0.3, -0.25) is 13.8 Å². The molecule has 0 aromatic heterocycles. The number of esters is 1. The summed E-state index contributed by atoms with van der Waals surface area (Å²) in [6.45, 7) is 3.45. The van der Waals surface area contributed by atoms with E-state index in [2.05, 4.69) is 26.0 Å². The SMILES string of the molecule is CCC/C=C\CCCCCCCC(=O)OC(COCCCCCCCCCCCCCCCC)COP(=O)(O)OCC(O)CO. The second kappa shape index (κ2) is 33.1. The zero-order chi connectivity index (χ0) is 33.3. The van der Waals surface area contributed by atoms with Gasteiger partial charge in [0.05, 0.1) is 26.4 Å². The van der Waals surface area contributed by atoms with Gasteiger partial charge in [0.15, 0.2) is 0 Å². The Bertz CT molecular complexity index is 719. The molecule has 0 spiro atoms. The van der Waals surface area contributed by atoms with E-state index in [1.807, 2.05) is 0 Å². The van der Waals surface area contributed by atoms with Crippen molar-refractivity contribution >= 4 is 13.8 Å². The highest BCUT2D eigenvalue weighted by atomic mass is 31.2. The van der Waals surface area contributed by atoms with E-state index in [1.54, 1.807) is 0 Å². The first-order chi connectivity index (χ1) is 21.8. The molecule has 0 aliphatic rings. The number of hydrogen-bond acceptors (Lipinski definition) is 8. The van der Waals surface area contributed by atoms with Gasteiger partial charge in [0.25, 0.3) is 0 Å². The molecule has 9 nitrogen and oxygen atoms in total. The van der Waals surface area contributed by atoms with Gasteiger partial charge in [-0.05, 0) is 32.1 Å². The first kappa shape index (κ1) is 44.2. The molecule has 0 amide bonds. The number of unbranched alkanes of at least 4 members (excludes halogenated alkanes) is 19. The smallest absolute Gasteiger partial charge is 0.457 e. The van der Waals surface area contributed by atoms with Crippen LogP contribution in [0.2, 0.25) is 0 Å². The van der Waals surface area contributed by atoms with Crippen molar-refractivity contribution in [2.75, 3.05) is 33.0 Å². The Labute approximate surface area is 275 Å². The molecule has 3 atom stereocenters. The summed E-state index contributed by atoms with van der Waals surface area (Å²) < 4.78 is 33.1. The molecule has 45 heavy (non-hydrogen) atoms. The van der Waals surface area contributed by atoms with Crippen LogP contribution in [-0.4, -0.2) is 66.3 Å². The molecule has 10 heteroatoms. The van der Waals surface area contributed by atoms with Crippen molar-refractivity contribution in [3.8, 4) is 0 Å². The maximum absolute atomic E-state index is 12.5. The molecule has 0 radical (unpaired) electrons. The predicted octanol–water partition coefficient (Wildman–Crippen LogP) is 8.97. The fraction of sp³-hybridized carbons (Fsp3) is 0.914. The average Bonchev–Trinajstić information content (AvgIpc) is 3.03. The Balaban J connectivity index is 4.22. The fourth-order valence-corrected chi connectivity index (χ4v) is 5.68. The van der Waals surface area contributed by atoms with Crippen molar-refractivity contribution < 1.29 is 43.0 Å². The molecule has 0 aromatic rings. The summed E-state index contributed by atoms with van der Waals surface area (Å²) in [7, 11) is -4.50. The number of phosphoric acid groups is 1. The third-order valence-corrected chi connectivity index (χ3v) is 8.63. The Kier molecular flexibility index (Phi) is 32.5. The summed E-state index contributed by atoms with van der Waals surface area (Å²) in [6, 6.07) is 0. The molecule has 0 fully saturated rings. The van der Waals surface area contributed by atoms with E-state index in [4.69, 9.17) is 23.6 Å². The van der Waals surface area contributed by atoms with Gasteiger partial charge in [-0.2, -0.15) is 0 Å². The van der Waals surface area contributed by atoms with E-state index in [1.165, 1.54) is 83.5 Å². The molecular formula is C35H69O9P. The number of aliphatic hydroxyl groups excluding tert-OH is 2. The van der Waals surface area contributed by atoms with E-state index in [9.17, 15) is 19.4 Å². The van der Waals surface area contributed by atoms with Gasteiger partial charge >= 0.3 is 13.8 Å². The molecular weight excluding hydrogens is 595 g/mol. The van der Waals surface area contributed by atoms with Gasteiger partial charge in [-0.15, -0.1) is 0 Å². The number of aliphatic hydroxyl groups is 2. The van der Waals surface area contributed by atoms with E-state index < -0.39 is 39.2 Å². The number of ether oxygens (including phenoxy) is 2. The first-order valence-corrected chi connectivity index (χ1v) is 19.7. The van der Waals surface area contributed by atoms with Crippen molar-refractivity contribution in [3.05, 3.63) is 12.2 Å². The summed E-state index contributed by atoms with van der Waals surface area (Å²) in [5.74, 6) is -0.393. The number of rotatable bonds is 35. The van der Waals surface area contributed by atoms with Crippen LogP contribution < -0.4 is 0 Å². The van der Waals surface area contributed by atoms with Gasteiger partial charge in [-0.25, -0.2) is 4.57 Å². The summed E-state index contributed by atoms with van der Waals surface area (Å²) in [5, 5.41) is 18.2. The van der Waals surface area contributed by atoms with Crippen LogP contribution in [0.25, 0.3) is 0 Å². The highest BCUT2D eigenvalue weighted by molar-refractivity contribution is 7.47. The van der Waals surface area contributed by atoms with Crippen LogP contribution >= 0.6 is 7.82 Å². The predicted molar refractivity (Wildman–Crippen MR) is 182 cm³/mol. The molecule has 268 valence electrons. The third kappa shape index (κ3) is 32.9. The lowest BCUT2D eigenvalue weighted by Crippen LogP contribution is -2.29. The summed E-state index contributed by atoms with van der Waals surface area (Å²) >= 11 is 0. The quantitative estimate of drug-likeness (QED) is 0.0263. The Morgan fingerprint density at radius 2 is 1.18 bits per heavy atom. The van der Waals surface area contributed by atoms with Crippen molar-refractivity contribution in [2.24, 2.45) is 0 Å². The lowest BCUT2D eigenvalue weighted by atomic mass is 10.0. The van der Waals surface area contributed by atoms with Gasteiger partial charge in [0, 0.05) is 13.0 Å². The van der Waals surface area contributed by atoms with Crippen molar-refractivity contribution in [1.82, 2.24) is 0 Å². The number of carbonyl (C=O) groups is 1. The Morgan fingerprint density at radius 1 is 0.667 bits per heavy atom. The molecule has 0 rings (SSSR count). The van der Waals surface area contributed by atoms with Crippen LogP contribution in [0.15, 0.2) is 12.2 Å². The topological polar surface area (TPSA) is 132 Å². The maximum atomic E-state index is 12.5. The summed E-state index contributed by atoms with van der Waals surface area (Å²) in [5.41, 5.74) is 0. The van der Waals surface area contributed by atoms with Gasteiger partial charge in [0.2, 0.25) is 0 Å². The molecule has 3 N–H and O–H groups in total. The van der Waals surface area contributed by atoms with Crippen LogP contribution in [0.1, 0.15) is 162 Å². The molecule has 0 aliphatic heterocycles. The van der Waals surface area contributed by atoms with E-state index in [-0.39, 0.29) is 19.6 Å². The molecule has 3 unspecified atom stereocenters. The standard InChI is InChI=1S/C35H69O9P/c1-3-5-7-9-11-13-15-16-17-18-20-22-24-26-28-41-31-34(32-43-45(39,40)42-30-33(37)29-36)44-35(38)27-25-23-21-19-14-12-10-8-6-4-2/h8,10,33-34,36-37H,3-7,9,11-32H2,1-2H3,(H,39,40)/b10-8-. The van der Waals surface area contributed by atoms with Gasteiger partial charge in [-0.1, -0.05) is 135 Å². The lowest BCUT2D eigenvalue weighted by Gasteiger charge is -2.20. The second-order valence-electron chi connectivity index (χ2n) is 12.2. The zero-order valence-electron chi connectivity index (χ0n) is 28.8. The maximum Gasteiger partial charge on any atom is 0.472 e. The van der Waals surface area contributed by atoms with Gasteiger partial charge in [0.1, 0.15) is 12.2 Å². The number of hydrogen-bond donors (Lipinski definition) is 3. The monoisotopic (exact) mass is 664 g/mol. The Hall–Kier alpha value is -0.800. The van der Waals surface area contributed by atoms with Crippen LogP contribution in [0.3, 0.4) is 0 Å². The highest BCUT2D eigenvalue weighted by Crippen LogP contribution is 2.43. The first-order valence-electron chi connectivity index (χ1n) is 18.2. The zero-order valence-corrected chi connectivity index (χ0v) is 29.7.